The van der Waals surface area contributed by atoms with Crippen LogP contribution in [0, 0.1) is 6.92 Å². The minimum absolute atomic E-state index is 0.613. The molecule has 0 spiro atoms. The van der Waals surface area contributed by atoms with E-state index in [1.807, 2.05) is 12.1 Å². The fourth-order valence-corrected chi connectivity index (χ4v) is 3.06. The van der Waals surface area contributed by atoms with E-state index in [1.54, 1.807) is 21.3 Å². The zero-order chi connectivity index (χ0) is 17.8. The Morgan fingerprint density at radius 2 is 1.60 bits per heavy atom. The van der Waals surface area contributed by atoms with Crippen molar-refractivity contribution in [2.45, 2.75) is 26.2 Å². The molecule has 4 heteroatoms. The summed E-state index contributed by atoms with van der Waals surface area (Å²) in [7, 11) is 4.91. The smallest absolute Gasteiger partial charge is 0.203 e. The number of hydrogen-bond acceptors (Lipinski definition) is 4. The second kappa shape index (κ2) is 7.51. The van der Waals surface area contributed by atoms with Gasteiger partial charge in [-0.1, -0.05) is 12.1 Å². The molecule has 2 aromatic rings. The lowest BCUT2D eigenvalue weighted by Gasteiger charge is -2.25. The summed E-state index contributed by atoms with van der Waals surface area (Å²) in [6.07, 6.45) is 3.47. The highest BCUT2D eigenvalue weighted by atomic mass is 16.5. The van der Waals surface area contributed by atoms with E-state index >= 15 is 0 Å². The molecule has 0 unspecified atom stereocenters. The van der Waals surface area contributed by atoms with Gasteiger partial charge in [0.05, 0.1) is 21.3 Å². The molecule has 1 fully saturated rings. The van der Waals surface area contributed by atoms with E-state index in [4.69, 9.17) is 14.2 Å². The fourth-order valence-electron chi connectivity index (χ4n) is 3.06. The number of hydrogen-bond donors (Lipinski definition) is 1. The Morgan fingerprint density at radius 1 is 0.920 bits per heavy atom. The minimum atomic E-state index is 0.613. The lowest BCUT2D eigenvalue weighted by Crippen LogP contribution is -2.09. The third-order valence-electron chi connectivity index (χ3n) is 4.55. The highest BCUT2D eigenvalue weighted by Crippen LogP contribution is 2.42. The van der Waals surface area contributed by atoms with Crippen molar-refractivity contribution in [1.29, 1.82) is 0 Å². The van der Waals surface area contributed by atoms with Crippen LogP contribution in [0.5, 0.6) is 17.2 Å². The zero-order valence-corrected chi connectivity index (χ0v) is 15.3. The summed E-state index contributed by atoms with van der Waals surface area (Å²) in [5.41, 5.74) is 5.92. The lowest BCUT2D eigenvalue weighted by molar-refractivity contribution is 0.324. The number of anilines is 1. The van der Waals surface area contributed by atoms with Crippen LogP contribution in [0.15, 0.2) is 42.0 Å². The molecule has 0 saturated heterocycles. The van der Waals surface area contributed by atoms with Crippen molar-refractivity contribution >= 4 is 11.4 Å². The van der Waals surface area contributed by atoms with Crippen molar-refractivity contribution in [1.82, 2.24) is 0 Å². The van der Waals surface area contributed by atoms with Crippen molar-refractivity contribution in [3.63, 3.8) is 0 Å². The number of methoxy groups -OCH3 is 3. The van der Waals surface area contributed by atoms with Gasteiger partial charge in [0.25, 0.3) is 0 Å². The predicted octanol–water partition coefficient (Wildman–Crippen LogP) is 5.03. The second-order valence-electron chi connectivity index (χ2n) is 6.24. The van der Waals surface area contributed by atoms with Crippen molar-refractivity contribution in [2.75, 3.05) is 26.6 Å². The molecule has 0 radical (unpaired) electrons. The second-order valence-corrected chi connectivity index (χ2v) is 6.24. The van der Waals surface area contributed by atoms with Crippen LogP contribution >= 0.6 is 0 Å². The summed E-state index contributed by atoms with van der Waals surface area (Å²) >= 11 is 0. The molecular formula is C21H25NO3. The monoisotopic (exact) mass is 339 g/mol. The highest BCUT2D eigenvalue weighted by molar-refractivity contribution is 5.82. The fraction of sp³-hybridized carbons (Fsp3) is 0.333. The minimum Gasteiger partial charge on any atom is -0.493 e. The van der Waals surface area contributed by atoms with Crippen molar-refractivity contribution < 1.29 is 14.2 Å². The summed E-state index contributed by atoms with van der Waals surface area (Å²) < 4.78 is 16.5. The van der Waals surface area contributed by atoms with Crippen molar-refractivity contribution in [3.8, 4) is 17.2 Å². The van der Waals surface area contributed by atoms with Gasteiger partial charge in [0.15, 0.2) is 11.5 Å². The zero-order valence-electron chi connectivity index (χ0n) is 15.3. The van der Waals surface area contributed by atoms with Gasteiger partial charge in [-0.15, -0.1) is 0 Å². The Morgan fingerprint density at radius 3 is 2.08 bits per heavy atom. The Hall–Kier alpha value is -2.62. The number of aryl methyl sites for hydroxylation is 1. The van der Waals surface area contributed by atoms with Gasteiger partial charge in [0, 0.05) is 16.9 Å². The lowest BCUT2D eigenvalue weighted by atomic mass is 9.88. The molecule has 132 valence electrons. The SMILES string of the molecule is COc1cc(C(Nc2cccc(C)c2)=C2CCC2)cc(OC)c1OC. The number of ether oxygens (including phenoxy) is 3. The molecular weight excluding hydrogens is 314 g/mol. The summed E-state index contributed by atoms with van der Waals surface area (Å²) in [6, 6.07) is 12.4. The van der Waals surface area contributed by atoms with Crippen LogP contribution in [0.4, 0.5) is 5.69 Å². The van der Waals surface area contributed by atoms with Crippen molar-refractivity contribution in [2.24, 2.45) is 0 Å². The van der Waals surface area contributed by atoms with Crippen LogP contribution in [-0.2, 0) is 0 Å². The molecule has 0 aliphatic heterocycles. The third-order valence-corrected chi connectivity index (χ3v) is 4.55. The van der Waals surface area contributed by atoms with E-state index in [9.17, 15) is 0 Å². The van der Waals surface area contributed by atoms with E-state index in [2.05, 4.69) is 36.5 Å². The first kappa shape index (κ1) is 17.2. The van der Waals surface area contributed by atoms with E-state index in [0.29, 0.717) is 17.2 Å². The maximum atomic E-state index is 5.51. The molecule has 1 aliphatic carbocycles. The normalized spacial score (nSPS) is 13.0. The molecule has 2 aromatic carbocycles. The molecule has 0 atom stereocenters. The van der Waals surface area contributed by atoms with Gasteiger partial charge in [0.1, 0.15) is 0 Å². The first-order valence-electron chi connectivity index (χ1n) is 8.52. The van der Waals surface area contributed by atoms with Crippen LogP contribution in [0.2, 0.25) is 0 Å². The maximum Gasteiger partial charge on any atom is 0.203 e. The van der Waals surface area contributed by atoms with Gasteiger partial charge in [-0.05, 0) is 61.6 Å². The maximum absolute atomic E-state index is 5.51. The largest absolute Gasteiger partial charge is 0.493 e. The average molecular weight is 339 g/mol. The summed E-state index contributed by atoms with van der Waals surface area (Å²) in [6.45, 7) is 2.10. The average Bonchev–Trinajstić information content (AvgIpc) is 2.58. The standard InChI is InChI=1S/C21H25NO3/c1-14-7-5-10-17(11-14)22-20(15-8-6-9-15)16-12-18(23-2)21(25-4)19(13-16)24-3/h5,7,10-13,22H,6,8-9H2,1-4H3. The quantitative estimate of drug-likeness (QED) is 0.801. The third kappa shape index (κ3) is 3.58. The topological polar surface area (TPSA) is 39.7 Å². The van der Waals surface area contributed by atoms with Crippen LogP contribution in [0.25, 0.3) is 5.70 Å². The molecule has 0 heterocycles. The van der Waals surface area contributed by atoms with Crippen LogP contribution < -0.4 is 19.5 Å². The highest BCUT2D eigenvalue weighted by Gasteiger charge is 2.20. The van der Waals surface area contributed by atoms with Gasteiger partial charge in [-0.2, -0.15) is 0 Å². The van der Waals surface area contributed by atoms with E-state index < -0.39 is 0 Å². The Kier molecular flexibility index (Phi) is 5.17. The van der Waals surface area contributed by atoms with Crippen LogP contribution in [0.3, 0.4) is 0 Å². The first-order chi connectivity index (χ1) is 12.2. The van der Waals surface area contributed by atoms with Gasteiger partial charge >= 0.3 is 0 Å². The van der Waals surface area contributed by atoms with Gasteiger partial charge in [-0.3, -0.25) is 0 Å². The number of rotatable bonds is 6. The molecule has 0 bridgehead atoms. The number of nitrogens with one attached hydrogen (secondary N) is 1. The molecule has 3 rings (SSSR count). The summed E-state index contributed by atoms with van der Waals surface area (Å²) in [5.74, 6) is 1.95. The van der Waals surface area contributed by atoms with Crippen LogP contribution in [-0.4, -0.2) is 21.3 Å². The summed E-state index contributed by atoms with van der Waals surface area (Å²) in [5, 5.41) is 3.61. The van der Waals surface area contributed by atoms with Crippen molar-refractivity contribution in [3.05, 3.63) is 53.1 Å². The number of allylic oxidation sites excluding steroid dienone is 1. The Balaban J connectivity index is 2.06. The molecule has 1 saturated carbocycles. The Labute approximate surface area is 149 Å². The van der Waals surface area contributed by atoms with Gasteiger partial charge in [0.2, 0.25) is 5.75 Å². The van der Waals surface area contributed by atoms with Gasteiger partial charge in [-0.25, -0.2) is 0 Å². The van der Waals surface area contributed by atoms with Gasteiger partial charge < -0.3 is 19.5 Å². The molecule has 1 N–H and O–H groups in total. The number of benzene rings is 2. The first-order valence-corrected chi connectivity index (χ1v) is 8.52. The van der Waals surface area contributed by atoms with E-state index in [-0.39, 0.29) is 0 Å². The van der Waals surface area contributed by atoms with Crippen LogP contribution in [0.1, 0.15) is 30.4 Å². The molecule has 0 aromatic heterocycles. The Bertz CT molecular complexity index is 764. The molecule has 1 aliphatic rings. The molecule has 25 heavy (non-hydrogen) atoms. The van der Waals surface area contributed by atoms with E-state index in [1.165, 1.54) is 17.6 Å². The molecule has 4 nitrogen and oxygen atoms in total. The molecule has 0 amide bonds. The predicted molar refractivity (Wildman–Crippen MR) is 102 cm³/mol. The summed E-state index contributed by atoms with van der Waals surface area (Å²) in [4.78, 5) is 0. The van der Waals surface area contributed by atoms with E-state index in [0.717, 1.165) is 29.8 Å².